The number of amides is 1. The van der Waals surface area contributed by atoms with Gasteiger partial charge in [0.25, 0.3) is 0 Å². The SMILES string of the molecule is CCOC(C)(C)CNC(=O)CCC1CCCCN1. The van der Waals surface area contributed by atoms with Gasteiger partial charge in [0.1, 0.15) is 0 Å². The van der Waals surface area contributed by atoms with Gasteiger partial charge in [-0.3, -0.25) is 4.79 Å². The summed E-state index contributed by atoms with van der Waals surface area (Å²) in [5.41, 5.74) is -0.270. The summed E-state index contributed by atoms with van der Waals surface area (Å²) in [6, 6.07) is 0.532. The molecule has 0 bridgehead atoms. The van der Waals surface area contributed by atoms with E-state index in [1.54, 1.807) is 0 Å². The van der Waals surface area contributed by atoms with Crippen LogP contribution in [-0.2, 0) is 9.53 Å². The maximum Gasteiger partial charge on any atom is 0.220 e. The average Bonchev–Trinajstić information content (AvgIpc) is 2.35. The first-order valence-electron chi connectivity index (χ1n) is 7.17. The van der Waals surface area contributed by atoms with Gasteiger partial charge >= 0.3 is 0 Å². The lowest BCUT2D eigenvalue weighted by atomic mass is 10.0. The second-order valence-electron chi connectivity index (χ2n) is 5.65. The molecule has 1 atom stereocenters. The Morgan fingerprint density at radius 1 is 1.44 bits per heavy atom. The molecule has 0 aromatic carbocycles. The molecule has 106 valence electrons. The van der Waals surface area contributed by atoms with Gasteiger partial charge in [0.05, 0.1) is 5.60 Å². The van der Waals surface area contributed by atoms with E-state index in [2.05, 4.69) is 10.6 Å². The average molecular weight is 256 g/mol. The van der Waals surface area contributed by atoms with Crippen molar-refractivity contribution in [1.29, 1.82) is 0 Å². The molecule has 0 radical (unpaired) electrons. The van der Waals surface area contributed by atoms with Crippen molar-refractivity contribution < 1.29 is 9.53 Å². The summed E-state index contributed by atoms with van der Waals surface area (Å²) in [5.74, 6) is 0.134. The van der Waals surface area contributed by atoms with Crippen LogP contribution < -0.4 is 10.6 Å². The summed E-state index contributed by atoms with van der Waals surface area (Å²) >= 11 is 0. The third-order valence-corrected chi connectivity index (χ3v) is 3.38. The van der Waals surface area contributed by atoms with E-state index in [0.29, 0.717) is 25.6 Å². The molecule has 1 unspecified atom stereocenters. The van der Waals surface area contributed by atoms with Crippen molar-refractivity contribution in [2.24, 2.45) is 0 Å². The van der Waals surface area contributed by atoms with E-state index >= 15 is 0 Å². The van der Waals surface area contributed by atoms with E-state index in [9.17, 15) is 4.79 Å². The van der Waals surface area contributed by atoms with E-state index in [1.165, 1.54) is 19.3 Å². The van der Waals surface area contributed by atoms with Crippen LogP contribution in [0.3, 0.4) is 0 Å². The second kappa shape index (κ2) is 7.74. The smallest absolute Gasteiger partial charge is 0.220 e. The van der Waals surface area contributed by atoms with E-state index < -0.39 is 0 Å². The Morgan fingerprint density at radius 3 is 2.83 bits per heavy atom. The molecule has 1 aliphatic rings. The molecule has 0 saturated carbocycles. The van der Waals surface area contributed by atoms with Gasteiger partial charge in [0.15, 0.2) is 0 Å². The van der Waals surface area contributed by atoms with Crippen molar-refractivity contribution >= 4 is 5.91 Å². The number of rotatable bonds is 7. The Morgan fingerprint density at radius 2 is 2.22 bits per heavy atom. The number of piperidine rings is 1. The number of carbonyl (C=O) groups excluding carboxylic acids is 1. The predicted molar refractivity (Wildman–Crippen MR) is 73.6 cm³/mol. The van der Waals surface area contributed by atoms with Crippen LogP contribution in [0.1, 0.15) is 52.9 Å². The van der Waals surface area contributed by atoms with Crippen molar-refractivity contribution in [2.75, 3.05) is 19.7 Å². The zero-order valence-corrected chi connectivity index (χ0v) is 12.1. The van der Waals surface area contributed by atoms with E-state index in [-0.39, 0.29) is 11.5 Å². The number of hydrogen-bond donors (Lipinski definition) is 2. The maximum absolute atomic E-state index is 11.7. The molecule has 1 heterocycles. The van der Waals surface area contributed by atoms with Gasteiger partial charge in [-0.25, -0.2) is 0 Å². The fourth-order valence-electron chi connectivity index (χ4n) is 2.32. The second-order valence-corrected chi connectivity index (χ2v) is 5.65. The van der Waals surface area contributed by atoms with E-state index in [0.717, 1.165) is 13.0 Å². The number of hydrogen-bond acceptors (Lipinski definition) is 3. The monoisotopic (exact) mass is 256 g/mol. The third kappa shape index (κ3) is 6.36. The number of nitrogens with one attached hydrogen (secondary N) is 2. The quantitative estimate of drug-likeness (QED) is 0.731. The van der Waals surface area contributed by atoms with E-state index in [4.69, 9.17) is 4.74 Å². The molecule has 1 saturated heterocycles. The van der Waals surface area contributed by atoms with Crippen molar-refractivity contribution in [1.82, 2.24) is 10.6 Å². The van der Waals surface area contributed by atoms with Crippen molar-refractivity contribution in [3.8, 4) is 0 Å². The maximum atomic E-state index is 11.7. The topological polar surface area (TPSA) is 50.4 Å². The van der Waals surface area contributed by atoms with Gasteiger partial charge < -0.3 is 15.4 Å². The number of carbonyl (C=O) groups is 1. The molecule has 1 amide bonds. The molecule has 1 aliphatic heterocycles. The van der Waals surface area contributed by atoms with Crippen LogP contribution in [0.25, 0.3) is 0 Å². The molecule has 1 rings (SSSR count). The van der Waals surface area contributed by atoms with Gasteiger partial charge in [0.2, 0.25) is 5.91 Å². The highest BCUT2D eigenvalue weighted by Crippen LogP contribution is 2.12. The van der Waals surface area contributed by atoms with Gasteiger partial charge in [0, 0.05) is 25.6 Å². The fourth-order valence-corrected chi connectivity index (χ4v) is 2.32. The van der Waals surface area contributed by atoms with E-state index in [1.807, 2.05) is 20.8 Å². The molecule has 18 heavy (non-hydrogen) atoms. The third-order valence-electron chi connectivity index (χ3n) is 3.38. The van der Waals surface area contributed by atoms with Crippen molar-refractivity contribution in [3.63, 3.8) is 0 Å². The Bertz CT molecular complexity index is 248. The molecule has 0 aliphatic carbocycles. The highest BCUT2D eigenvalue weighted by atomic mass is 16.5. The zero-order valence-electron chi connectivity index (χ0n) is 12.1. The zero-order chi connectivity index (χ0) is 13.4. The Kier molecular flexibility index (Phi) is 6.65. The highest BCUT2D eigenvalue weighted by Gasteiger charge is 2.19. The standard InChI is InChI=1S/C14H28N2O2/c1-4-18-14(2,3)11-16-13(17)9-8-12-7-5-6-10-15-12/h12,15H,4-11H2,1-3H3,(H,16,17). The van der Waals surface area contributed by atoms with Gasteiger partial charge in [-0.15, -0.1) is 0 Å². The van der Waals surface area contributed by atoms with Crippen LogP contribution in [0.2, 0.25) is 0 Å². The minimum atomic E-state index is -0.270. The number of ether oxygens (including phenoxy) is 1. The Labute approximate surface area is 111 Å². The minimum Gasteiger partial charge on any atom is -0.374 e. The summed E-state index contributed by atoms with van der Waals surface area (Å²) in [7, 11) is 0. The largest absolute Gasteiger partial charge is 0.374 e. The lowest BCUT2D eigenvalue weighted by Crippen LogP contribution is -2.41. The first-order valence-corrected chi connectivity index (χ1v) is 7.17. The first-order chi connectivity index (χ1) is 8.53. The summed E-state index contributed by atoms with van der Waals surface area (Å²) in [5, 5.41) is 6.42. The molecule has 0 aromatic heterocycles. The molecule has 4 heteroatoms. The van der Waals surface area contributed by atoms with Crippen LogP contribution in [0, 0.1) is 0 Å². The van der Waals surface area contributed by atoms with Gasteiger partial charge in [-0.2, -0.15) is 0 Å². The van der Waals surface area contributed by atoms with Crippen LogP contribution in [0.15, 0.2) is 0 Å². The van der Waals surface area contributed by atoms with Crippen LogP contribution in [0.5, 0.6) is 0 Å². The summed E-state index contributed by atoms with van der Waals surface area (Å²) in [6.45, 7) is 8.33. The van der Waals surface area contributed by atoms with Gasteiger partial charge in [-0.1, -0.05) is 6.42 Å². The molecular formula is C14H28N2O2. The highest BCUT2D eigenvalue weighted by molar-refractivity contribution is 5.75. The van der Waals surface area contributed by atoms with Crippen molar-refractivity contribution in [2.45, 2.75) is 64.5 Å². The first kappa shape index (κ1) is 15.4. The van der Waals surface area contributed by atoms with Crippen LogP contribution in [0.4, 0.5) is 0 Å². The normalized spacial score (nSPS) is 20.7. The fraction of sp³-hybridized carbons (Fsp3) is 0.929. The van der Waals surface area contributed by atoms with Crippen LogP contribution >= 0.6 is 0 Å². The van der Waals surface area contributed by atoms with Crippen LogP contribution in [-0.4, -0.2) is 37.2 Å². The Hall–Kier alpha value is -0.610. The Balaban J connectivity index is 2.13. The lowest BCUT2D eigenvalue weighted by molar-refractivity contribution is -0.122. The molecule has 0 aromatic rings. The summed E-state index contributed by atoms with van der Waals surface area (Å²) in [6.07, 6.45) is 5.32. The van der Waals surface area contributed by atoms with Crippen molar-refractivity contribution in [3.05, 3.63) is 0 Å². The minimum absolute atomic E-state index is 0.134. The molecule has 4 nitrogen and oxygen atoms in total. The molecule has 2 N–H and O–H groups in total. The van der Waals surface area contributed by atoms with Gasteiger partial charge in [-0.05, 0) is 46.6 Å². The lowest BCUT2D eigenvalue weighted by Gasteiger charge is -2.26. The predicted octanol–water partition coefficient (Wildman–Crippen LogP) is 1.84. The summed E-state index contributed by atoms with van der Waals surface area (Å²) in [4.78, 5) is 11.7. The molecular weight excluding hydrogens is 228 g/mol. The molecule has 0 spiro atoms. The summed E-state index contributed by atoms with van der Waals surface area (Å²) < 4.78 is 5.55. The molecule has 1 fully saturated rings.